The Morgan fingerprint density at radius 1 is 1.09 bits per heavy atom. The molecule has 2 N–H and O–H groups in total. The number of nitrogens with one attached hydrogen (secondary N) is 1. The van der Waals surface area contributed by atoms with Crippen molar-refractivity contribution in [3.8, 4) is 0 Å². The Kier molecular flexibility index (Phi) is 5.38. The minimum atomic E-state index is -1.45. The van der Waals surface area contributed by atoms with Crippen molar-refractivity contribution in [3.63, 3.8) is 0 Å². The lowest BCUT2D eigenvalue weighted by Gasteiger charge is -2.13. The summed E-state index contributed by atoms with van der Waals surface area (Å²) in [6.07, 6.45) is 1.45. The first-order valence-corrected chi connectivity index (χ1v) is 6.71. The fraction of sp³-hybridized carbons (Fsp3) is 0.118. The number of carbonyl (C=O) groups is 1. The van der Waals surface area contributed by atoms with Crippen LogP contribution in [0.15, 0.2) is 54.6 Å². The maximum atomic E-state index is 13.5. The van der Waals surface area contributed by atoms with Crippen LogP contribution in [0.1, 0.15) is 17.2 Å². The lowest BCUT2D eigenvalue weighted by molar-refractivity contribution is -0.116. The van der Waals surface area contributed by atoms with Gasteiger partial charge in [-0.15, -0.1) is 0 Å². The second kappa shape index (κ2) is 7.47. The van der Waals surface area contributed by atoms with E-state index in [2.05, 4.69) is 5.32 Å². The number of halogens is 2. The van der Waals surface area contributed by atoms with Crippen LogP contribution in [-0.2, 0) is 4.79 Å². The second-order valence-corrected chi connectivity index (χ2v) is 4.64. The maximum absolute atomic E-state index is 13.5. The largest absolute Gasteiger partial charge is 0.386 e. The number of amides is 1. The third kappa shape index (κ3) is 4.23. The van der Waals surface area contributed by atoms with E-state index in [1.165, 1.54) is 12.1 Å². The highest BCUT2D eigenvalue weighted by Gasteiger charge is 2.17. The van der Waals surface area contributed by atoms with Crippen molar-refractivity contribution in [2.24, 2.45) is 0 Å². The van der Waals surface area contributed by atoms with Gasteiger partial charge in [0.15, 0.2) is 0 Å². The molecule has 0 radical (unpaired) electrons. The molecule has 0 aliphatic carbocycles. The Morgan fingerprint density at radius 2 is 1.73 bits per heavy atom. The molecule has 0 aliphatic heterocycles. The predicted molar refractivity (Wildman–Crippen MR) is 79.8 cm³/mol. The molecule has 3 nitrogen and oxygen atoms in total. The SMILES string of the molecule is O=C(/C=C/c1ccccc1)NCC(O)c1c(F)cccc1F. The van der Waals surface area contributed by atoms with Gasteiger partial charge < -0.3 is 10.4 Å². The number of benzene rings is 2. The molecule has 0 saturated heterocycles. The van der Waals surface area contributed by atoms with Crippen LogP contribution in [0, 0.1) is 11.6 Å². The summed E-state index contributed by atoms with van der Waals surface area (Å²) in [5.41, 5.74) is 0.396. The van der Waals surface area contributed by atoms with Gasteiger partial charge in [0.2, 0.25) is 5.91 Å². The minimum Gasteiger partial charge on any atom is -0.386 e. The Morgan fingerprint density at radius 3 is 2.36 bits per heavy atom. The maximum Gasteiger partial charge on any atom is 0.244 e. The van der Waals surface area contributed by atoms with Gasteiger partial charge in [-0.05, 0) is 23.8 Å². The predicted octanol–water partition coefficient (Wildman–Crippen LogP) is 2.83. The van der Waals surface area contributed by atoms with Crippen LogP contribution in [-0.4, -0.2) is 17.6 Å². The molecule has 0 saturated carbocycles. The molecule has 0 aromatic heterocycles. The molecular weight excluding hydrogens is 288 g/mol. The van der Waals surface area contributed by atoms with Crippen molar-refractivity contribution in [2.45, 2.75) is 6.10 Å². The fourth-order valence-corrected chi connectivity index (χ4v) is 1.92. The van der Waals surface area contributed by atoms with Crippen molar-refractivity contribution < 1.29 is 18.7 Å². The first-order chi connectivity index (χ1) is 10.6. The van der Waals surface area contributed by atoms with Gasteiger partial charge in [-0.25, -0.2) is 8.78 Å². The van der Waals surface area contributed by atoms with E-state index in [-0.39, 0.29) is 6.54 Å². The Labute approximate surface area is 126 Å². The summed E-state index contributed by atoms with van der Waals surface area (Å²) in [6.45, 7) is -0.282. The quantitative estimate of drug-likeness (QED) is 0.835. The van der Waals surface area contributed by atoms with Crippen LogP contribution in [0.4, 0.5) is 8.78 Å². The van der Waals surface area contributed by atoms with Gasteiger partial charge in [0.1, 0.15) is 17.7 Å². The van der Waals surface area contributed by atoms with E-state index in [0.717, 1.165) is 17.7 Å². The Balaban J connectivity index is 1.92. The molecule has 0 bridgehead atoms. The van der Waals surface area contributed by atoms with Crippen LogP contribution in [0.25, 0.3) is 6.08 Å². The van der Waals surface area contributed by atoms with Gasteiger partial charge in [0, 0.05) is 12.6 Å². The van der Waals surface area contributed by atoms with Crippen LogP contribution in [0.2, 0.25) is 0 Å². The average Bonchev–Trinajstić information content (AvgIpc) is 2.52. The van der Waals surface area contributed by atoms with Crippen LogP contribution < -0.4 is 5.32 Å². The molecule has 0 heterocycles. The van der Waals surface area contributed by atoms with E-state index in [4.69, 9.17) is 0 Å². The van der Waals surface area contributed by atoms with Crippen molar-refractivity contribution in [2.75, 3.05) is 6.54 Å². The van der Waals surface area contributed by atoms with Gasteiger partial charge >= 0.3 is 0 Å². The summed E-state index contributed by atoms with van der Waals surface area (Å²) >= 11 is 0. The van der Waals surface area contributed by atoms with Gasteiger partial charge in [0.05, 0.1) is 5.56 Å². The van der Waals surface area contributed by atoms with E-state index in [9.17, 15) is 18.7 Å². The molecule has 0 fully saturated rings. The number of hydrogen-bond acceptors (Lipinski definition) is 2. The van der Waals surface area contributed by atoms with Crippen LogP contribution in [0.3, 0.4) is 0 Å². The first kappa shape index (κ1) is 15.9. The molecule has 1 unspecified atom stereocenters. The van der Waals surface area contributed by atoms with E-state index in [1.54, 1.807) is 6.08 Å². The van der Waals surface area contributed by atoms with Crippen molar-refractivity contribution in [3.05, 3.63) is 77.4 Å². The van der Waals surface area contributed by atoms with Gasteiger partial charge in [-0.1, -0.05) is 36.4 Å². The highest BCUT2D eigenvalue weighted by atomic mass is 19.1. The molecule has 22 heavy (non-hydrogen) atoms. The lowest BCUT2D eigenvalue weighted by atomic mass is 10.1. The van der Waals surface area contributed by atoms with Crippen molar-refractivity contribution in [1.29, 1.82) is 0 Å². The van der Waals surface area contributed by atoms with Crippen molar-refractivity contribution in [1.82, 2.24) is 5.32 Å². The van der Waals surface area contributed by atoms with Crippen LogP contribution >= 0.6 is 0 Å². The third-order valence-electron chi connectivity index (χ3n) is 3.03. The highest BCUT2D eigenvalue weighted by molar-refractivity contribution is 5.91. The number of rotatable bonds is 5. The molecule has 1 atom stereocenters. The highest BCUT2D eigenvalue weighted by Crippen LogP contribution is 2.19. The molecule has 2 aromatic rings. The molecule has 114 valence electrons. The topological polar surface area (TPSA) is 49.3 Å². The zero-order chi connectivity index (χ0) is 15.9. The molecule has 1 amide bonds. The van der Waals surface area contributed by atoms with E-state index in [1.807, 2.05) is 30.3 Å². The summed E-state index contributed by atoms with van der Waals surface area (Å²) in [6, 6.07) is 12.5. The first-order valence-electron chi connectivity index (χ1n) is 6.71. The summed E-state index contributed by atoms with van der Waals surface area (Å²) < 4.78 is 26.9. The fourth-order valence-electron chi connectivity index (χ4n) is 1.92. The van der Waals surface area contributed by atoms with E-state index in [0.29, 0.717) is 0 Å². The van der Waals surface area contributed by atoms with Gasteiger partial charge in [-0.3, -0.25) is 4.79 Å². The minimum absolute atomic E-state index is 0.282. The molecular formula is C17H15F2NO2. The molecule has 0 spiro atoms. The van der Waals surface area contributed by atoms with Crippen LogP contribution in [0.5, 0.6) is 0 Å². The van der Waals surface area contributed by atoms with E-state index < -0.39 is 29.2 Å². The molecule has 5 heteroatoms. The third-order valence-corrected chi connectivity index (χ3v) is 3.03. The van der Waals surface area contributed by atoms with E-state index >= 15 is 0 Å². The molecule has 2 aromatic carbocycles. The number of hydrogen-bond donors (Lipinski definition) is 2. The second-order valence-electron chi connectivity index (χ2n) is 4.64. The summed E-state index contributed by atoms with van der Waals surface area (Å²) in [5, 5.41) is 12.2. The zero-order valence-corrected chi connectivity index (χ0v) is 11.7. The Hall–Kier alpha value is -2.53. The lowest BCUT2D eigenvalue weighted by Crippen LogP contribution is -2.27. The number of carbonyl (C=O) groups excluding carboxylic acids is 1. The monoisotopic (exact) mass is 303 g/mol. The smallest absolute Gasteiger partial charge is 0.244 e. The summed E-state index contributed by atoms with van der Waals surface area (Å²) in [7, 11) is 0. The Bertz CT molecular complexity index is 651. The molecule has 0 aliphatic rings. The van der Waals surface area contributed by atoms with Gasteiger partial charge in [0.25, 0.3) is 0 Å². The summed E-state index contributed by atoms with van der Waals surface area (Å²) in [4.78, 5) is 11.6. The number of aliphatic hydroxyl groups is 1. The summed E-state index contributed by atoms with van der Waals surface area (Å²) in [5.74, 6) is -2.15. The van der Waals surface area contributed by atoms with Crippen molar-refractivity contribution >= 4 is 12.0 Å². The molecule has 2 rings (SSSR count). The zero-order valence-electron chi connectivity index (χ0n) is 11.7. The van der Waals surface area contributed by atoms with Gasteiger partial charge in [-0.2, -0.15) is 0 Å². The standard InChI is InChI=1S/C17H15F2NO2/c18-13-7-4-8-14(19)17(13)15(21)11-20-16(22)10-9-12-5-2-1-3-6-12/h1-10,15,21H,11H2,(H,20,22)/b10-9+. The average molecular weight is 303 g/mol. The number of aliphatic hydroxyl groups excluding tert-OH is 1. The normalized spacial score (nSPS) is 12.3.